The zero-order chi connectivity index (χ0) is 18.4. The van der Waals surface area contributed by atoms with Crippen LogP contribution in [0.25, 0.3) is 0 Å². The molecule has 0 aromatic heterocycles. The van der Waals surface area contributed by atoms with Gasteiger partial charge in [0.2, 0.25) is 5.96 Å². The molecular formula is C20H17Cl2N3O. The third-order valence-electron chi connectivity index (χ3n) is 3.53. The summed E-state index contributed by atoms with van der Waals surface area (Å²) in [4.78, 5) is 4.63. The Bertz CT molecular complexity index is 876. The molecule has 0 fully saturated rings. The highest BCUT2D eigenvalue weighted by Gasteiger charge is 2.03. The van der Waals surface area contributed by atoms with Crippen LogP contribution in [0.4, 0.5) is 17.1 Å². The van der Waals surface area contributed by atoms with Crippen molar-refractivity contribution in [3.8, 4) is 5.75 Å². The van der Waals surface area contributed by atoms with Gasteiger partial charge in [-0.2, -0.15) is 0 Å². The molecule has 132 valence electrons. The fourth-order valence-corrected chi connectivity index (χ4v) is 2.46. The zero-order valence-corrected chi connectivity index (χ0v) is 15.6. The largest absolute Gasteiger partial charge is 0.497 e. The van der Waals surface area contributed by atoms with Gasteiger partial charge in [0.15, 0.2) is 0 Å². The monoisotopic (exact) mass is 385 g/mol. The lowest BCUT2D eigenvalue weighted by molar-refractivity contribution is 0.415. The topological polar surface area (TPSA) is 45.6 Å². The van der Waals surface area contributed by atoms with Crippen LogP contribution in [-0.4, -0.2) is 13.1 Å². The van der Waals surface area contributed by atoms with Gasteiger partial charge in [-0.15, -0.1) is 0 Å². The zero-order valence-electron chi connectivity index (χ0n) is 14.0. The van der Waals surface area contributed by atoms with Crippen molar-refractivity contribution >= 4 is 46.2 Å². The van der Waals surface area contributed by atoms with E-state index in [1.165, 1.54) is 0 Å². The standard InChI is InChI=1S/C20H17Cl2N3O/c1-26-19-12-10-18(11-13-19)25-20(23-16-6-2-14(21)3-7-16)24-17-8-4-15(22)5-9-17/h2-13H,1H3,(H2,23,24,25). The highest BCUT2D eigenvalue weighted by molar-refractivity contribution is 6.31. The third-order valence-corrected chi connectivity index (χ3v) is 4.03. The Morgan fingerprint density at radius 2 is 1.19 bits per heavy atom. The van der Waals surface area contributed by atoms with Gasteiger partial charge in [0.25, 0.3) is 0 Å². The van der Waals surface area contributed by atoms with Crippen molar-refractivity contribution < 1.29 is 4.74 Å². The van der Waals surface area contributed by atoms with Crippen molar-refractivity contribution in [1.82, 2.24) is 0 Å². The average molecular weight is 386 g/mol. The Labute approximate surface area is 162 Å². The molecule has 0 heterocycles. The lowest BCUT2D eigenvalue weighted by Crippen LogP contribution is -2.21. The first-order valence-corrected chi connectivity index (χ1v) is 8.66. The van der Waals surface area contributed by atoms with E-state index in [2.05, 4.69) is 15.6 Å². The Kier molecular flexibility index (Phi) is 6.00. The Morgan fingerprint density at radius 3 is 1.69 bits per heavy atom. The van der Waals surface area contributed by atoms with Crippen molar-refractivity contribution in [3.05, 3.63) is 82.8 Å². The molecule has 26 heavy (non-hydrogen) atoms. The maximum absolute atomic E-state index is 5.95. The number of hydrogen-bond donors (Lipinski definition) is 2. The molecule has 0 amide bonds. The van der Waals surface area contributed by atoms with Gasteiger partial charge in [-0.1, -0.05) is 23.2 Å². The van der Waals surface area contributed by atoms with Crippen LogP contribution in [0.3, 0.4) is 0 Å². The van der Waals surface area contributed by atoms with Gasteiger partial charge in [0, 0.05) is 21.4 Å². The first-order valence-electron chi connectivity index (χ1n) is 7.90. The summed E-state index contributed by atoms with van der Waals surface area (Å²) < 4.78 is 5.19. The van der Waals surface area contributed by atoms with Crippen LogP contribution >= 0.6 is 23.2 Å². The van der Waals surface area contributed by atoms with Crippen LogP contribution in [0.2, 0.25) is 10.0 Å². The molecule has 3 aromatic rings. The number of ether oxygens (including phenoxy) is 1. The lowest BCUT2D eigenvalue weighted by Gasteiger charge is -2.13. The van der Waals surface area contributed by atoms with Crippen molar-refractivity contribution in [2.24, 2.45) is 4.99 Å². The minimum atomic E-state index is 0.569. The molecule has 0 aliphatic carbocycles. The number of anilines is 2. The van der Waals surface area contributed by atoms with Crippen LogP contribution in [0.1, 0.15) is 0 Å². The fraction of sp³-hybridized carbons (Fsp3) is 0.0500. The highest BCUT2D eigenvalue weighted by Crippen LogP contribution is 2.20. The minimum absolute atomic E-state index is 0.569. The number of nitrogens with one attached hydrogen (secondary N) is 2. The van der Waals surface area contributed by atoms with Crippen molar-refractivity contribution in [2.75, 3.05) is 17.7 Å². The van der Waals surface area contributed by atoms with E-state index in [-0.39, 0.29) is 0 Å². The second-order valence-electron chi connectivity index (χ2n) is 5.42. The summed E-state index contributed by atoms with van der Waals surface area (Å²) in [6, 6.07) is 22.3. The molecule has 6 heteroatoms. The van der Waals surface area contributed by atoms with Gasteiger partial charge in [-0.05, 0) is 72.8 Å². The van der Waals surface area contributed by atoms with Gasteiger partial charge in [0.05, 0.1) is 12.8 Å². The van der Waals surface area contributed by atoms with E-state index in [1.54, 1.807) is 19.2 Å². The predicted molar refractivity (Wildman–Crippen MR) is 110 cm³/mol. The fourth-order valence-electron chi connectivity index (χ4n) is 2.21. The van der Waals surface area contributed by atoms with Crippen LogP contribution in [0, 0.1) is 0 Å². The number of nitrogens with zero attached hydrogens (tertiary/aromatic N) is 1. The molecule has 2 N–H and O–H groups in total. The molecule has 0 aliphatic heterocycles. The summed E-state index contributed by atoms with van der Waals surface area (Å²) in [7, 11) is 1.64. The Balaban J connectivity index is 1.86. The number of hydrogen-bond acceptors (Lipinski definition) is 2. The third kappa shape index (κ3) is 5.15. The number of aliphatic imine (C=N–C) groups is 1. The predicted octanol–water partition coefficient (Wildman–Crippen LogP) is 6.21. The van der Waals surface area contributed by atoms with Crippen molar-refractivity contribution in [1.29, 1.82) is 0 Å². The number of rotatable bonds is 4. The van der Waals surface area contributed by atoms with E-state index < -0.39 is 0 Å². The van der Waals surface area contributed by atoms with E-state index in [1.807, 2.05) is 60.7 Å². The molecule has 0 unspecified atom stereocenters. The van der Waals surface area contributed by atoms with Crippen molar-refractivity contribution in [2.45, 2.75) is 0 Å². The van der Waals surface area contributed by atoms with Crippen molar-refractivity contribution in [3.63, 3.8) is 0 Å². The number of benzene rings is 3. The SMILES string of the molecule is COc1ccc(NC(=Nc2ccc(Cl)cc2)Nc2ccc(Cl)cc2)cc1. The number of guanidine groups is 1. The van der Waals surface area contributed by atoms with E-state index in [0.717, 1.165) is 22.8 Å². The normalized spacial score (nSPS) is 11.1. The van der Waals surface area contributed by atoms with Gasteiger partial charge >= 0.3 is 0 Å². The Morgan fingerprint density at radius 1 is 0.731 bits per heavy atom. The average Bonchev–Trinajstić information content (AvgIpc) is 2.66. The van der Waals surface area contributed by atoms with Gasteiger partial charge in [0.1, 0.15) is 5.75 Å². The molecule has 0 aliphatic rings. The summed E-state index contributed by atoms with van der Waals surface area (Å²) in [6.45, 7) is 0. The van der Waals surface area contributed by atoms with E-state index in [0.29, 0.717) is 16.0 Å². The van der Waals surface area contributed by atoms with E-state index in [9.17, 15) is 0 Å². The van der Waals surface area contributed by atoms with Gasteiger partial charge in [-0.25, -0.2) is 4.99 Å². The Hall–Kier alpha value is -2.69. The smallest absolute Gasteiger partial charge is 0.205 e. The summed E-state index contributed by atoms with van der Waals surface area (Å²) in [6.07, 6.45) is 0. The first-order chi connectivity index (χ1) is 12.6. The maximum atomic E-state index is 5.95. The maximum Gasteiger partial charge on any atom is 0.205 e. The second kappa shape index (κ2) is 8.61. The molecule has 0 saturated carbocycles. The number of halogens is 2. The highest BCUT2D eigenvalue weighted by atomic mass is 35.5. The van der Waals surface area contributed by atoms with Crippen LogP contribution < -0.4 is 15.4 Å². The van der Waals surface area contributed by atoms with Gasteiger partial charge < -0.3 is 15.4 Å². The number of methoxy groups -OCH3 is 1. The molecule has 3 rings (SSSR count). The lowest BCUT2D eigenvalue weighted by atomic mass is 10.3. The molecule has 0 spiro atoms. The van der Waals surface area contributed by atoms with Crippen LogP contribution in [-0.2, 0) is 0 Å². The molecule has 3 aromatic carbocycles. The van der Waals surface area contributed by atoms with Gasteiger partial charge in [-0.3, -0.25) is 0 Å². The van der Waals surface area contributed by atoms with Crippen LogP contribution in [0.5, 0.6) is 5.75 Å². The molecule has 0 bridgehead atoms. The van der Waals surface area contributed by atoms with E-state index >= 15 is 0 Å². The quantitative estimate of drug-likeness (QED) is 0.414. The van der Waals surface area contributed by atoms with E-state index in [4.69, 9.17) is 27.9 Å². The minimum Gasteiger partial charge on any atom is -0.497 e. The molecule has 0 atom stereocenters. The molecule has 0 radical (unpaired) electrons. The molecule has 0 saturated heterocycles. The van der Waals surface area contributed by atoms with Crippen LogP contribution in [0.15, 0.2) is 77.8 Å². The summed E-state index contributed by atoms with van der Waals surface area (Å²) in [5, 5.41) is 7.88. The first kappa shape index (κ1) is 18.1. The molecule has 4 nitrogen and oxygen atoms in total. The second-order valence-corrected chi connectivity index (χ2v) is 6.30. The summed E-state index contributed by atoms with van der Waals surface area (Å²) >= 11 is 11.9. The molecular weight excluding hydrogens is 369 g/mol. The summed E-state index contributed by atoms with van der Waals surface area (Å²) in [5.74, 6) is 1.36. The summed E-state index contributed by atoms with van der Waals surface area (Å²) in [5.41, 5.74) is 2.51.